The molecule has 0 bridgehead atoms. The van der Waals surface area contributed by atoms with Gasteiger partial charge in [0.15, 0.2) is 0 Å². The Morgan fingerprint density at radius 1 is 1.31 bits per heavy atom. The average molecular weight is 225 g/mol. The minimum Gasteiger partial charge on any atom is -0.385 e. The van der Waals surface area contributed by atoms with Crippen molar-refractivity contribution >= 4 is 0 Å². The predicted octanol–water partition coefficient (Wildman–Crippen LogP) is 2.76. The lowest BCUT2D eigenvalue weighted by Gasteiger charge is -2.32. The Kier molecular flexibility index (Phi) is 6.44. The van der Waals surface area contributed by atoms with E-state index in [1.807, 2.05) is 0 Å². The number of nitriles is 1. The smallest absolute Gasteiger partial charge is 0.0735 e. The van der Waals surface area contributed by atoms with Gasteiger partial charge >= 0.3 is 0 Å². The standard InChI is InChI=1S/C13H23NO2/c1-3-11-5-6-12(10-14)13(9-11)16-8-4-7-15-2/h11-13H,3-9H2,1-2H3. The van der Waals surface area contributed by atoms with Crippen LogP contribution in [0.1, 0.15) is 39.0 Å². The third-order valence-corrected chi connectivity index (χ3v) is 3.47. The summed E-state index contributed by atoms with van der Waals surface area (Å²) in [5, 5.41) is 9.07. The Labute approximate surface area is 98.7 Å². The van der Waals surface area contributed by atoms with Gasteiger partial charge in [-0.3, -0.25) is 0 Å². The topological polar surface area (TPSA) is 42.2 Å². The van der Waals surface area contributed by atoms with E-state index in [-0.39, 0.29) is 12.0 Å². The first kappa shape index (κ1) is 13.5. The molecule has 1 aliphatic carbocycles. The highest BCUT2D eigenvalue weighted by Gasteiger charge is 2.30. The van der Waals surface area contributed by atoms with Gasteiger partial charge in [0.05, 0.1) is 18.1 Å². The molecule has 0 radical (unpaired) electrons. The number of hydrogen-bond acceptors (Lipinski definition) is 3. The molecule has 1 fully saturated rings. The van der Waals surface area contributed by atoms with Crippen molar-refractivity contribution in [3.8, 4) is 6.07 Å². The summed E-state index contributed by atoms with van der Waals surface area (Å²) in [5.41, 5.74) is 0. The van der Waals surface area contributed by atoms with Crippen molar-refractivity contribution < 1.29 is 9.47 Å². The van der Waals surface area contributed by atoms with Crippen LogP contribution in [0.25, 0.3) is 0 Å². The minimum atomic E-state index is 0.102. The van der Waals surface area contributed by atoms with Crippen LogP contribution < -0.4 is 0 Å². The highest BCUT2D eigenvalue weighted by atomic mass is 16.5. The monoisotopic (exact) mass is 225 g/mol. The van der Waals surface area contributed by atoms with E-state index in [1.165, 1.54) is 12.8 Å². The fourth-order valence-electron chi connectivity index (χ4n) is 2.35. The molecule has 0 aromatic carbocycles. The molecule has 1 aliphatic rings. The summed E-state index contributed by atoms with van der Waals surface area (Å²) in [7, 11) is 1.70. The summed E-state index contributed by atoms with van der Waals surface area (Å²) in [6.45, 7) is 3.67. The van der Waals surface area contributed by atoms with E-state index in [9.17, 15) is 0 Å². The molecule has 3 nitrogen and oxygen atoms in total. The molecule has 1 rings (SSSR count). The molecule has 3 unspecified atom stereocenters. The fraction of sp³-hybridized carbons (Fsp3) is 0.923. The third kappa shape index (κ3) is 4.11. The maximum absolute atomic E-state index is 9.07. The molecular formula is C13H23NO2. The second-order valence-corrected chi connectivity index (χ2v) is 4.58. The van der Waals surface area contributed by atoms with Crippen molar-refractivity contribution in [3.05, 3.63) is 0 Å². The molecule has 1 saturated carbocycles. The molecule has 0 aromatic heterocycles. The Morgan fingerprint density at radius 3 is 2.75 bits per heavy atom. The quantitative estimate of drug-likeness (QED) is 0.653. The summed E-state index contributed by atoms with van der Waals surface area (Å²) in [5.74, 6) is 0.849. The molecule has 0 heterocycles. The van der Waals surface area contributed by atoms with Gasteiger partial charge in [-0.2, -0.15) is 5.26 Å². The lowest BCUT2D eigenvalue weighted by Crippen LogP contribution is -2.31. The van der Waals surface area contributed by atoms with Crippen molar-refractivity contribution in [1.29, 1.82) is 5.26 Å². The van der Waals surface area contributed by atoms with Gasteiger partial charge in [-0.25, -0.2) is 0 Å². The molecule has 3 atom stereocenters. The lowest BCUT2D eigenvalue weighted by molar-refractivity contribution is -0.0166. The Morgan fingerprint density at radius 2 is 2.12 bits per heavy atom. The Hall–Kier alpha value is -0.590. The largest absolute Gasteiger partial charge is 0.385 e. The van der Waals surface area contributed by atoms with Crippen molar-refractivity contribution in [2.24, 2.45) is 11.8 Å². The van der Waals surface area contributed by atoms with Gasteiger partial charge in [0.1, 0.15) is 0 Å². The van der Waals surface area contributed by atoms with Crippen LogP contribution in [-0.2, 0) is 9.47 Å². The molecule has 0 N–H and O–H groups in total. The van der Waals surface area contributed by atoms with Crippen LogP contribution in [0.2, 0.25) is 0 Å². The summed E-state index contributed by atoms with van der Waals surface area (Å²) >= 11 is 0. The number of hydrogen-bond donors (Lipinski definition) is 0. The van der Waals surface area contributed by atoms with Crippen LogP contribution in [-0.4, -0.2) is 26.4 Å². The number of nitrogens with zero attached hydrogens (tertiary/aromatic N) is 1. The van der Waals surface area contributed by atoms with Crippen molar-refractivity contribution in [3.63, 3.8) is 0 Å². The average Bonchev–Trinajstić information content (AvgIpc) is 2.34. The Bertz CT molecular complexity index is 224. The SMILES string of the molecule is CCC1CCC(C#N)C(OCCCOC)C1. The zero-order chi connectivity index (χ0) is 11.8. The van der Waals surface area contributed by atoms with Crippen LogP contribution in [0.4, 0.5) is 0 Å². The van der Waals surface area contributed by atoms with Crippen LogP contribution in [0, 0.1) is 23.2 Å². The van der Waals surface area contributed by atoms with Crippen molar-refractivity contribution in [1.82, 2.24) is 0 Å². The van der Waals surface area contributed by atoms with E-state index < -0.39 is 0 Å². The van der Waals surface area contributed by atoms with E-state index >= 15 is 0 Å². The van der Waals surface area contributed by atoms with Gasteiger partial charge in [0.25, 0.3) is 0 Å². The number of methoxy groups -OCH3 is 1. The van der Waals surface area contributed by atoms with Gasteiger partial charge in [0, 0.05) is 20.3 Å². The third-order valence-electron chi connectivity index (χ3n) is 3.47. The lowest BCUT2D eigenvalue weighted by atomic mass is 9.79. The van der Waals surface area contributed by atoms with E-state index in [0.717, 1.165) is 31.8 Å². The van der Waals surface area contributed by atoms with Crippen LogP contribution >= 0.6 is 0 Å². The first-order valence-electron chi connectivity index (χ1n) is 6.32. The fourth-order valence-corrected chi connectivity index (χ4v) is 2.35. The number of ether oxygens (including phenoxy) is 2. The Balaban J connectivity index is 2.31. The van der Waals surface area contributed by atoms with Gasteiger partial charge in [-0.05, 0) is 31.6 Å². The van der Waals surface area contributed by atoms with Crippen LogP contribution in [0.3, 0.4) is 0 Å². The second kappa shape index (κ2) is 7.65. The molecule has 0 aliphatic heterocycles. The molecular weight excluding hydrogens is 202 g/mol. The molecule has 0 spiro atoms. The van der Waals surface area contributed by atoms with E-state index in [1.54, 1.807) is 7.11 Å². The highest BCUT2D eigenvalue weighted by molar-refractivity contribution is 4.93. The first-order valence-corrected chi connectivity index (χ1v) is 6.32. The highest BCUT2D eigenvalue weighted by Crippen LogP contribution is 2.32. The predicted molar refractivity (Wildman–Crippen MR) is 63.0 cm³/mol. The zero-order valence-electron chi connectivity index (χ0n) is 10.4. The van der Waals surface area contributed by atoms with E-state index in [2.05, 4.69) is 13.0 Å². The van der Waals surface area contributed by atoms with Gasteiger partial charge in [-0.1, -0.05) is 13.3 Å². The van der Waals surface area contributed by atoms with Crippen LogP contribution in [0.15, 0.2) is 0 Å². The molecule has 3 heteroatoms. The first-order chi connectivity index (χ1) is 7.81. The summed E-state index contributed by atoms with van der Waals surface area (Å²) < 4.78 is 10.8. The molecule has 0 amide bonds. The second-order valence-electron chi connectivity index (χ2n) is 4.58. The van der Waals surface area contributed by atoms with E-state index in [0.29, 0.717) is 6.61 Å². The normalized spacial score (nSPS) is 29.9. The maximum Gasteiger partial charge on any atom is 0.0735 e. The van der Waals surface area contributed by atoms with Gasteiger partial charge < -0.3 is 9.47 Å². The summed E-state index contributed by atoms with van der Waals surface area (Å²) in [4.78, 5) is 0. The summed E-state index contributed by atoms with van der Waals surface area (Å²) in [6, 6.07) is 2.38. The number of rotatable bonds is 6. The van der Waals surface area contributed by atoms with Crippen molar-refractivity contribution in [2.75, 3.05) is 20.3 Å². The molecule has 16 heavy (non-hydrogen) atoms. The summed E-state index contributed by atoms with van der Waals surface area (Å²) in [6.07, 6.45) is 5.52. The van der Waals surface area contributed by atoms with Crippen molar-refractivity contribution in [2.45, 2.75) is 45.1 Å². The molecule has 92 valence electrons. The van der Waals surface area contributed by atoms with Gasteiger partial charge in [0.2, 0.25) is 0 Å². The minimum absolute atomic E-state index is 0.102. The zero-order valence-corrected chi connectivity index (χ0v) is 10.4. The van der Waals surface area contributed by atoms with Crippen LogP contribution in [0.5, 0.6) is 0 Å². The molecule has 0 saturated heterocycles. The molecule has 0 aromatic rings. The van der Waals surface area contributed by atoms with E-state index in [4.69, 9.17) is 14.7 Å². The van der Waals surface area contributed by atoms with Gasteiger partial charge in [-0.15, -0.1) is 0 Å². The maximum atomic E-state index is 9.07.